The van der Waals surface area contributed by atoms with Gasteiger partial charge in [0.15, 0.2) is 4.47 Å². The normalized spacial score (nSPS) is 14.8. The summed E-state index contributed by atoms with van der Waals surface area (Å²) in [7, 11) is 0. The third kappa shape index (κ3) is 4.97. The molecule has 0 aromatic carbocycles. The molecule has 1 amide bonds. The summed E-state index contributed by atoms with van der Waals surface area (Å²) in [6.45, 7) is 8.15. The average molecular weight is 306 g/mol. The van der Waals surface area contributed by atoms with Crippen LogP contribution in [0.3, 0.4) is 0 Å². The fourth-order valence-electron chi connectivity index (χ4n) is 1.37. The van der Waals surface area contributed by atoms with Gasteiger partial charge in [0, 0.05) is 29.6 Å². The monoisotopic (exact) mass is 305 g/mol. The van der Waals surface area contributed by atoms with Crippen LogP contribution in [0, 0.1) is 0 Å². The number of carbonyl (C=O) groups is 1. The van der Waals surface area contributed by atoms with Crippen molar-refractivity contribution in [2.24, 2.45) is 5.73 Å². The maximum Gasteiger partial charge on any atom is 0.407 e. The number of hydrogen-bond donors (Lipinski definition) is 2. The van der Waals surface area contributed by atoms with E-state index in [4.69, 9.17) is 22.1 Å². The second kappa shape index (κ2) is 6.07. The van der Waals surface area contributed by atoms with Crippen LogP contribution in [0.15, 0.2) is 6.20 Å². The Kier molecular flexibility index (Phi) is 5.18. The molecular weight excluding hydrogens is 286 g/mol. The molecule has 0 radical (unpaired) electrons. The second-order valence-electron chi connectivity index (χ2n) is 5.60. The summed E-state index contributed by atoms with van der Waals surface area (Å²) in [6.07, 6.45) is 1.24. The van der Waals surface area contributed by atoms with E-state index in [1.54, 1.807) is 6.20 Å². The molecule has 1 unspecified atom stereocenters. The molecule has 1 aromatic rings. The predicted molar refractivity (Wildman–Crippen MR) is 77.8 cm³/mol. The van der Waals surface area contributed by atoms with E-state index in [2.05, 4.69) is 10.3 Å². The van der Waals surface area contributed by atoms with Gasteiger partial charge in [0.1, 0.15) is 5.60 Å². The van der Waals surface area contributed by atoms with Crippen molar-refractivity contribution < 1.29 is 9.53 Å². The molecule has 0 aliphatic carbocycles. The van der Waals surface area contributed by atoms with Crippen molar-refractivity contribution in [3.05, 3.63) is 15.5 Å². The highest BCUT2D eigenvalue weighted by atomic mass is 35.5. The highest BCUT2D eigenvalue weighted by molar-refractivity contribution is 7.15. The van der Waals surface area contributed by atoms with Crippen molar-refractivity contribution in [1.82, 2.24) is 10.3 Å². The smallest absolute Gasteiger partial charge is 0.407 e. The molecular formula is C12H20ClN3O2S. The highest BCUT2D eigenvalue weighted by Crippen LogP contribution is 2.29. The standard InChI is InChI=1S/C12H20ClN3O2S/c1-11(2,3)18-10(17)16-7-12(4,6-14)8-5-15-9(13)19-8/h5H,6-7,14H2,1-4H3,(H,16,17). The van der Waals surface area contributed by atoms with Crippen LogP contribution in [0.5, 0.6) is 0 Å². The van der Waals surface area contributed by atoms with E-state index < -0.39 is 17.1 Å². The van der Waals surface area contributed by atoms with Gasteiger partial charge in [-0.15, -0.1) is 11.3 Å². The van der Waals surface area contributed by atoms with Crippen LogP contribution in [0.1, 0.15) is 32.6 Å². The quantitative estimate of drug-likeness (QED) is 0.896. The van der Waals surface area contributed by atoms with Gasteiger partial charge >= 0.3 is 6.09 Å². The van der Waals surface area contributed by atoms with Crippen LogP contribution in [-0.2, 0) is 10.2 Å². The van der Waals surface area contributed by atoms with Gasteiger partial charge in [0.2, 0.25) is 0 Å². The van der Waals surface area contributed by atoms with Crippen molar-refractivity contribution in [3.63, 3.8) is 0 Å². The minimum atomic E-state index is -0.517. The molecule has 0 saturated heterocycles. The van der Waals surface area contributed by atoms with Crippen LogP contribution in [-0.4, -0.2) is 29.8 Å². The van der Waals surface area contributed by atoms with Crippen LogP contribution < -0.4 is 11.1 Å². The maximum atomic E-state index is 11.6. The zero-order valence-electron chi connectivity index (χ0n) is 11.6. The topological polar surface area (TPSA) is 77.2 Å². The van der Waals surface area contributed by atoms with Crippen LogP contribution in [0.4, 0.5) is 4.79 Å². The zero-order valence-corrected chi connectivity index (χ0v) is 13.2. The van der Waals surface area contributed by atoms with E-state index in [0.29, 0.717) is 17.6 Å². The van der Waals surface area contributed by atoms with E-state index in [1.165, 1.54) is 11.3 Å². The lowest BCUT2D eigenvalue weighted by Gasteiger charge is -2.27. The number of carbonyl (C=O) groups excluding carboxylic acids is 1. The van der Waals surface area contributed by atoms with Crippen LogP contribution >= 0.6 is 22.9 Å². The number of hydrogen-bond acceptors (Lipinski definition) is 5. The fraction of sp³-hybridized carbons (Fsp3) is 0.667. The van der Waals surface area contributed by atoms with E-state index in [1.807, 2.05) is 27.7 Å². The molecule has 5 nitrogen and oxygen atoms in total. The molecule has 1 rings (SSSR count). The number of thiazole rings is 1. The number of nitrogens with one attached hydrogen (secondary N) is 1. The van der Waals surface area contributed by atoms with Gasteiger partial charge in [-0.1, -0.05) is 18.5 Å². The lowest BCUT2D eigenvalue weighted by Crippen LogP contribution is -2.44. The molecule has 7 heteroatoms. The largest absolute Gasteiger partial charge is 0.444 e. The van der Waals surface area contributed by atoms with Gasteiger partial charge in [-0.25, -0.2) is 9.78 Å². The summed E-state index contributed by atoms with van der Waals surface area (Å²) in [5.74, 6) is 0. The Hall–Kier alpha value is -0.850. The molecule has 19 heavy (non-hydrogen) atoms. The molecule has 0 spiro atoms. The summed E-state index contributed by atoms with van der Waals surface area (Å²) in [4.78, 5) is 16.6. The number of amides is 1. The van der Waals surface area contributed by atoms with Gasteiger partial charge in [-0.2, -0.15) is 0 Å². The molecule has 0 aliphatic heterocycles. The minimum absolute atomic E-state index is 0.372. The van der Waals surface area contributed by atoms with E-state index in [9.17, 15) is 4.79 Å². The molecule has 0 bridgehead atoms. The zero-order chi connectivity index (χ0) is 14.7. The SMILES string of the molecule is CC(C)(C)OC(=O)NCC(C)(CN)c1cnc(Cl)s1. The van der Waals surface area contributed by atoms with Crippen molar-refractivity contribution in [2.45, 2.75) is 38.7 Å². The van der Waals surface area contributed by atoms with Gasteiger partial charge in [0.25, 0.3) is 0 Å². The van der Waals surface area contributed by atoms with Crippen molar-refractivity contribution in [2.75, 3.05) is 13.1 Å². The number of halogens is 1. The Morgan fingerprint density at radius 1 is 1.53 bits per heavy atom. The highest BCUT2D eigenvalue weighted by Gasteiger charge is 2.29. The Labute approximate surface area is 122 Å². The van der Waals surface area contributed by atoms with E-state index >= 15 is 0 Å². The first-order valence-electron chi connectivity index (χ1n) is 5.95. The minimum Gasteiger partial charge on any atom is -0.444 e. The molecule has 1 atom stereocenters. The van der Waals surface area contributed by atoms with Gasteiger partial charge in [0.05, 0.1) is 0 Å². The van der Waals surface area contributed by atoms with Crippen LogP contribution in [0.2, 0.25) is 4.47 Å². The molecule has 108 valence electrons. The first kappa shape index (κ1) is 16.2. The van der Waals surface area contributed by atoms with E-state index in [0.717, 1.165) is 4.88 Å². The maximum absolute atomic E-state index is 11.6. The van der Waals surface area contributed by atoms with Crippen molar-refractivity contribution >= 4 is 29.0 Å². The molecule has 0 aliphatic rings. The number of aromatic nitrogens is 1. The summed E-state index contributed by atoms with van der Waals surface area (Å²) in [5.41, 5.74) is 4.89. The Bertz CT molecular complexity index is 444. The molecule has 1 aromatic heterocycles. The fourth-order valence-corrected chi connectivity index (χ4v) is 2.47. The summed E-state index contributed by atoms with van der Waals surface area (Å²) in [5, 5.41) is 2.73. The second-order valence-corrected chi connectivity index (χ2v) is 7.21. The molecule has 3 N–H and O–H groups in total. The average Bonchev–Trinajstić information content (AvgIpc) is 2.71. The third-order valence-corrected chi connectivity index (χ3v) is 3.97. The van der Waals surface area contributed by atoms with E-state index in [-0.39, 0.29) is 0 Å². The lowest BCUT2D eigenvalue weighted by molar-refractivity contribution is 0.0517. The van der Waals surface area contributed by atoms with Gasteiger partial charge in [-0.05, 0) is 20.8 Å². The van der Waals surface area contributed by atoms with Crippen molar-refractivity contribution in [1.29, 1.82) is 0 Å². The Morgan fingerprint density at radius 2 is 2.16 bits per heavy atom. The molecule has 1 heterocycles. The van der Waals surface area contributed by atoms with Gasteiger partial charge < -0.3 is 15.8 Å². The number of ether oxygens (including phenoxy) is 1. The third-order valence-electron chi connectivity index (χ3n) is 2.54. The number of rotatable bonds is 4. The predicted octanol–water partition coefficient (Wildman–Crippen LogP) is 2.54. The number of alkyl carbamates (subject to hydrolysis) is 1. The Morgan fingerprint density at radius 3 is 2.58 bits per heavy atom. The lowest BCUT2D eigenvalue weighted by atomic mass is 9.89. The number of nitrogens with zero attached hydrogens (tertiary/aromatic N) is 1. The van der Waals surface area contributed by atoms with Crippen LogP contribution in [0.25, 0.3) is 0 Å². The summed E-state index contributed by atoms with van der Waals surface area (Å²) < 4.78 is 5.65. The Balaban J connectivity index is 2.65. The summed E-state index contributed by atoms with van der Waals surface area (Å²) >= 11 is 7.19. The first-order valence-corrected chi connectivity index (χ1v) is 7.14. The number of nitrogens with two attached hydrogens (primary N) is 1. The van der Waals surface area contributed by atoms with Crippen molar-refractivity contribution in [3.8, 4) is 0 Å². The summed E-state index contributed by atoms with van der Waals surface area (Å²) in [6, 6.07) is 0. The van der Waals surface area contributed by atoms with Gasteiger partial charge in [-0.3, -0.25) is 0 Å². The molecule has 0 saturated carbocycles. The molecule has 0 fully saturated rings. The first-order chi connectivity index (χ1) is 8.66.